The molecule has 4 rings (SSSR count). The van der Waals surface area contributed by atoms with E-state index in [2.05, 4.69) is 26.5 Å². The molecule has 0 radical (unpaired) electrons. The normalized spacial score (nSPS) is 39.4. The highest BCUT2D eigenvalue weighted by atomic mass is 16.6. The minimum atomic E-state index is -0.527. The standard InChI is InChI=1S/C19H27NO2/c1-12(2)17(21)22-18(3,4)19-10-13-7-14(11-19)9-15(8-13)16(19)5-6-20/h13-16H,1,5,7-11H2,2-4H3. The summed E-state index contributed by atoms with van der Waals surface area (Å²) < 4.78 is 5.91. The van der Waals surface area contributed by atoms with Crippen LogP contribution in [0, 0.1) is 40.4 Å². The number of nitriles is 1. The van der Waals surface area contributed by atoms with Crippen molar-refractivity contribution in [1.29, 1.82) is 5.26 Å². The zero-order chi connectivity index (χ0) is 16.1. The number of esters is 1. The molecule has 3 heteroatoms. The van der Waals surface area contributed by atoms with Crippen LogP contribution in [0.2, 0.25) is 0 Å². The van der Waals surface area contributed by atoms with Gasteiger partial charge in [-0.05, 0) is 76.5 Å². The van der Waals surface area contributed by atoms with Crippen molar-refractivity contribution in [3.05, 3.63) is 12.2 Å². The molecule has 0 saturated heterocycles. The molecule has 3 unspecified atom stereocenters. The summed E-state index contributed by atoms with van der Waals surface area (Å²) in [6.45, 7) is 9.54. The van der Waals surface area contributed by atoms with Gasteiger partial charge in [-0.25, -0.2) is 4.79 Å². The first-order chi connectivity index (χ1) is 10.3. The molecule has 3 atom stereocenters. The molecule has 3 nitrogen and oxygen atoms in total. The number of carbonyl (C=O) groups is 1. The highest BCUT2D eigenvalue weighted by Crippen LogP contribution is 2.67. The lowest BCUT2D eigenvalue weighted by Gasteiger charge is -2.65. The molecule has 4 aliphatic carbocycles. The quantitative estimate of drug-likeness (QED) is 0.576. The van der Waals surface area contributed by atoms with Crippen LogP contribution in [0.5, 0.6) is 0 Å². The minimum Gasteiger partial charge on any atom is -0.456 e. The van der Waals surface area contributed by atoms with Crippen molar-refractivity contribution in [2.75, 3.05) is 0 Å². The Morgan fingerprint density at radius 2 is 1.91 bits per heavy atom. The zero-order valence-electron chi connectivity index (χ0n) is 14.0. The van der Waals surface area contributed by atoms with Gasteiger partial charge in [0.1, 0.15) is 5.60 Å². The SMILES string of the molecule is C=C(C)C(=O)OC(C)(C)C12CC3CC(CC(C3)C1CC#N)C2. The highest BCUT2D eigenvalue weighted by Gasteiger charge is 2.63. The van der Waals surface area contributed by atoms with Gasteiger partial charge in [0.15, 0.2) is 0 Å². The summed E-state index contributed by atoms with van der Waals surface area (Å²) in [6, 6.07) is 2.41. The van der Waals surface area contributed by atoms with E-state index in [-0.39, 0.29) is 11.4 Å². The van der Waals surface area contributed by atoms with E-state index < -0.39 is 5.60 Å². The molecule has 0 aromatic heterocycles. The van der Waals surface area contributed by atoms with Gasteiger partial charge in [0.2, 0.25) is 0 Å². The van der Waals surface area contributed by atoms with E-state index in [9.17, 15) is 10.1 Å². The fraction of sp³-hybridized carbons (Fsp3) is 0.789. The Labute approximate surface area is 133 Å². The second-order valence-electron chi connectivity index (χ2n) is 8.41. The van der Waals surface area contributed by atoms with Gasteiger partial charge in [-0.2, -0.15) is 5.26 Å². The van der Waals surface area contributed by atoms with Crippen LogP contribution in [0.25, 0.3) is 0 Å². The van der Waals surface area contributed by atoms with Crippen LogP contribution in [0.3, 0.4) is 0 Å². The largest absolute Gasteiger partial charge is 0.456 e. The van der Waals surface area contributed by atoms with Gasteiger partial charge in [0.25, 0.3) is 0 Å². The molecule has 0 aromatic rings. The molecule has 4 bridgehead atoms. The van der Waals surface area contributed by atoms with Crippen molar-refractivity contribution in [1.82, 2.24) is 0 Å². The first kappa shape index (κ1) is 15.6. The van der Waals surface area contributed by atoms with Crippen LogP contribution in [0.15, 0.2) is 12.2 Å². The van der Waals surface area contributed by atoms with Crippen molar-refractivity contribution < 1.29 is 9.53 Å². The van der Waals surface area contributed by atoms with Crippen molar-refractivity contribution in [3.8, 4) is 6.07 Å². The fourth-order valence-electron chi connectivity index (χ4n) is 5.96. The Hall–Kier alpha value is -1.30. The number of carbonyl (C=O) groups excluding carboxylic acids is 1. The van der Waals surface area contributed by atoms with Crippen LogP contribution < -0.4 is 0 Å². The maximum Gasteiger partial charge on any atom is 0.333 e. The molecule has 22 heavy (non-hydrogen) atoms. The Bertz CT molecular complexity index is 528. The number of hydrogen-bond acceptors (Lipinski definition) is 3. The van der Waals surface area contributed by atoms with Crippen LogP contribution in [0.1, 0.15) is 59.3 Å². The molecule has 0 aliphatic heterocycles. The third kappa shape index (κ3) is 2.19. The summed E-state index contributed by atoms with van der Waals surface area (Å²) in [5.41, 5.74) is -0.0991. The molecule has 0 heterocycles. The zero-order valence-corrected chi connectivity index (χ0v) is 14.0. The third-order valence-electron chi connectivity index (χ3n) is 6.73. The minimum absolute atomic E-state index is 0.0252. The lowest BCUT2D eigenvalue weighted by Crippen LogP contribution is -2.62. The number of nitrogens with zero attached hydrogens (tertiary/aromatic N) is 1. The second kappa shape index (κ2) is 5.11. The Morgan fingerprint density at radius 3 is 2.41 bits per heavy atom. The molecular formula is C19H27NO2. The van der Waals surface area contributed by atoms with Gasteiger partial charge in [-0.3, -0.25) is 0 Å². The summed E-state index contributed by atoms with van der Waals surface area (Å²) in [5.74, 6) is 2.24. The third-order valence-corrected chi connectivity index (χ3v) is 6.73. The molecule has 4 aliphatic rings. The van der Waals surface area contributed by atoms with Crippen molar-refractivity contribution in [2.45, 2.75) is 64.9 Å². The molecule has 0 amide bonds. The van der Waals surface area contributed by atoms with E-state index in [1.807, 2.05) is 0 Å². The molecule has 4 saturated carbocycles. The average molecular weight is 301 g/mol. The van der Waals surface area contributed by atoms with Gasteiger partial charge in [0, 0.05) is 17.4 Å². The van der Waals surface area contributed by atoms with Gasteiger partial charge in [-0.1, -0.05) is 6.58 Å². The van der Waals surface area contributed by atoms with Crippen LogP contribution in [-0.2, 0) is 9.53 Å². The number of ether oxygens (including phenoxy) is 1. The van der Waals surface area contributed by atoms with Crippen LogP contribution in [0.4, 0.5) is 0 Å². The lowest BCUT2D eigenvalue weighted by molar-refractivity contribution is -0.218. The van der Waals surface area contributed by atoms with E-state index in [0.717, 1.165) is 24.7 Å². The number of rotatable bonds is 4. The second-order valence-corrected chi connectivity index (χ2v) is 8.41. The van der Waals surface area contributed by atoms with Gasteiger partial charge >= 0.3 is 5.97 Å². The molecule has 120 valence electrons. The van der Waals surface area contributed by atoms with Gasteiger partial charge in [0.05, 0.1) is 6.07 Å². The monoisotopic (exact) mass is 301 g/mol. The topological polar surface area (TPSA) is 50.1 Å². The van der Waals surface area contributed by atoms with Gasteiger partial charge < -0.3 is 4.74 Å². The summed E-state index contributed by atoms with van der Waals surface area (Å²) in [6.07, 6.45) is 6.70. The predicted molar refractivity (Wildman–Crippen MR) is 84.7 cm³/mol. The maximum atomic E-state index is 12.1. The molecule has 0 N–H and O–H groups in total. The maximum absolute atomic E-state index is 12.1. The first-order valence-corrected chi connectivity index (χ1v) is 8.55. The molecule has 0 spiro atoms. The highest BCUT2D eigenvalue weighted by molar-refractivity contribution is 5.87. The Morgan fingerprint density at radius 1 is 1.32 bits per heavy atom. The smallest absolute Gasteiger partial charge is 0.333 e. The van der Waals surface area contributed by atoms with E-state index in [0.29, 0.717) is 23.8 Å². The van der Waals surface area contributed by atoms with E-state index in [1.165, 1.54) is 19.3 Å². The fourth-order valence-corrected chi connectivity index (χ4v) is 5.96. The summed E-state index contributed by atoms with van der Waals surface area (Å²) >= 11 is 0. The molecular weight excluding hydrogens is 274 g/mol. The Kier molecular flexibility index (Phi) is 3.62. The number of hydrogen-bond donors (Lipinski definition) is 0. The van der Waals surface area contributed by atoms with Crippen molar-refractivity contribution >= 4 is 5.97 Å². The predicted octanol–water partition coefficient (Wildman–Crippen LogP) is 4.24. The van der Waals surface area contributed by atoms with E-state index in [4.69, 9.17) is 4.74 Å². The van der Waals surface area contributed by atoms with E-state index >= 15 is 0 Å². The van der Waals surface area contributed by atoms with Crippen molar-refractivity contribution in [3.63, 3.8) is 0 Å². The Balaban J connectivity index is 1.95. The lowest BCUT2D eigenvalue weighted by atomic mass is 9.41. The van der Waals surface area contributed by atoms with Crippen LogP contribution in [-0.4, -0.2) is 11.6 Å². The molecule has 0 aromatic carbocycles. The van der Waals surface area contributed by atoms with E-state index in [1.54, 1.807) is 6.92 Å². The summed E-state index contributed by atoms with van der Waals surface area (Å²) in [5, 5.41) is 9.33. The summed E-state index contributed by atoms with van der Waals surface area (Å²) in [7, 11) is 0. The van der Waals surface area contributed by atoms with Crippen molar-refractivity contribution in [2.24, 2.45) is 29.1 Å². The summed E-state index contributed by atoms with van der Waals surface area (Å²) in [4.78, 5) is 12.1. The van der Waals surface area contributed by atoms with Crippen LogP contribution >= 0.6 is 0 Å². The van der Waals surface area contributed by atoms with Gasteiger partial charge in [-0.15, -0.1) is 0 Å². The first-order valence-electron chi connectivity index (χ1n) is 8.55. The average Bonchev–Trinajstić information content (AvgIpc) is 2.41. The molecule has 4 fully saturated rings.